The molecular formula is C16H9F3N4S. The maximum Gasteiger partial charge on any atom is 0.416 e. The maximum atomic E-state index is 12.7. The van der Waals surface area contributed by atoms with Crippen molar-refractivity contribution in [2.45, 2.75) is 6.18 Å². The molecule has 0 unspecified atom stereocenters. The van der Waals surface area contributed by atoms with E-state index in [-0.39, 0.29) is 0 Å². The van der Waals surface area contributed by atoms with E-state index in [4.69, 9.17) is 12.2 Å². The number of nitrogens with zero attached hydrogens (tertiary/aromatic N) is 3. The second-order valence-electron chi connectivity index (χ2n) is 5.22. The van der Waals surface area contributed by atoms with Crippen LogP contribution in [-0.4, -0.2) is 19.6 Å². The van der Waals surface area contributed by atoms with Crippen LogP contribution >= 0.6 is 12.2 Å². The third-order valence-electron chi connectivity index (χ3n) is 3.69. The van der Waals surface area contributed by atoms with Crippen molar-refractivity contribution in [3.63, 3.8) is 0 Å². The highest BCUT2D eigenvalue weighted by Crippen LogP contribution is 2.30. The predicted octanol–water partition coefficient (Wildman–Crippen LogP) is 4.63. The number of H-pyrrole nitrogens is 1. The van der Waals surface area contributed by atoms with E-state index in [1.54, 1.807) is 4.52 Å². The molecule has 8 heteroatoms. The van der Waals surface area contributed by atoms with Crippen LogP contribution in [0.25, 0.3) is 27.9 Å². The van der Waals surface area contributed by atoms with Crippen molar-refractivity contribution >= 4 is 28.8 Å². The fraction of sp³-hybridized carbons (Fsp3) is 0.0625. The number of halogens is 3. The number of alkyl halides is 3. The fourth-order valence-corrected chi connectivity index (χ4v) is 2.75. The van der Waals surface area contributed by atoms with Crippen LogP contribution in [0.1, 0.15) is 5.56 Å². The minimum atomic E-state index is -4.37. The summed E-state index contributed by atoms with van der Waals surface area (Å²) >= 11 is 5.25. The summed E-state index contributed by atoms with van der Waals surface area (Å²) in [7, 11) is 0. The molecule has 2 aromatic heterocycles. The van der Waals surface area contributed by atoms with E-state index in [1.807, 2.05) is 24.3 Å². The molecule has 4 nitrogen and oxygen atoms in total. The van der Waals surface area contributed by atoms with Gasteiger partial charge < -0.3 is 0 Å². The topological polar surface area (TPSA) is 46.0 Å². The minimum absolute atomic E-state index is 0.300. The molecule has 0 amide bonds. The second kappa shape index (κ2) is 5.13. The maximum absolute atomic E-state index is 12.7. The SMILES string of the molecule is FC(F)(F)c1ccc(-c2nc3c4ccccc4nc(=S)n3[nH]2)cc1. The summed E-state index contributed by atoms with van der Waals surface area (Å²) in [5.74, 6) is 0.424. The lowest BCUT2D eigenvalue weighted by Crippen LogP contribution is -2.04. The third kappa shape index (κ3) is 2.35. The lowest BCUT2D eigenvalue weighted by atomic mass is 10.1. The summed E-state index contributed by atoms with van der Waals surface area (Å²) in [6, 6.07) is 12.2. The summed E-state index contributed by atoms with van der Waals surface area (Å²) in [6.07, 6.45) is -4.37. The lowest BCUT2D eigenvalue weighted by Gasteiger charge is -2.06. The molecule has 4 aromatic rings. The lowest BCUT2D eigenvalue weighted by molar-refractivity contribution is -0.137. The van der Waals surface area contributed by atoms with Crippen LogP contribution in [0, 0.1) is 4.77 Å². The number of hydrogen-bond donors (Lipinski definition) is 1. The van der Waals surface area contributed by atoms with Crippen LogP contribution < -0.4 is 0 Å². The molecule has 0 fully saturated rings. The van der Waals surface area contributed by atoms with Gasteiger partial charge in [0.1, 0.15) is 0 Å². The number of nitrogens with one attached hydrogen (secondary N) is 1. The van der Waals surface area contributed by atoms with E-state index in [0.717, 1.165) is 17.5 Å². The molecule has 0 spiro atoms. The number of aromatic amines is 1. The summed E-state index contributed by atoms with van der Waals surface area (Å²) in [5, 5.41) is 3.79. The number of rotatable bonds is 1. The Morgan fingerprint density at radius 1 is 0.958 bits per heavy atom. The number of hydrogen-bond acceptors (Lipinski definition) is 3. The van der Waals surface area contributed by atoms with Gasteiger partial charge in [0, 0.05) is 10.9 Å². The highest BCUT2D eigenvalue weighted by molar-refractivity contribution is 7.71. The predicted molar refractivity (Wildman–Crippen MR) is 86.1 cm³/mol. The molecule has 0 aliphatic heterocycles. The van der Waals surface area contributed by atoms with Gasteiger partial charge in [-0.3, -0.25) is 5.10 Å². The van der Waals surface area contributed by atoms with Gasteiger partial charge in [-0.25, -0.2) is 14.5 Å². The van der Waals surface area contributed by atoms with E-state index in [9.17, 15) is 13.2 Å². The number of fused-ring (bicyclic) bond motifs is 3. The number of aromatic nitrogens is 4. The molecule has 0 saturated heterocycles. The summed E-state index contributed by atoms with van der Waals surface area (Å²) in [6.45, 7) is 0. The molecule has 4 rings (SSSR count). The molecule has 120 valence electrons. The quantitative estimate of drug-likeness (QED) is 0.511. The van der Waals surface area contributed by atoms with Crippen LogP contribution in [0.15, 0.2) is 48.5 Å². The van der Waals surface area contributed by atoms with Gasteiger partial charge in [0.05, 0.1) is 11.1 Å². The monoisotopic (exact) mass is 346 g/mol. The summed E-state index contributed by atoms with van der Waals surface area (Å²) in [4.78, 5) is 8.80. The molecular weight excluding hydrogens is 337 g/mol. The molecule has 1 N–H and O–H groups in total. The average molecular weight is 346 g/mol. The smallest absolute Gasteiger partial charge is 0.273 e. The Morgan fingerprint density at radius 3 is 2.38 bits per heavy atom. The van der Waals surface area contributed by atoms with Crippen LogP contribution in [0.2, 0.25) is 0 Å². The third-order valence-corrected chi connectivity index (χ3v) is 3.96. The van der Waals surface area contributed by atoms with Crippen LogP contribution in [0.4, 0.5) is 13.2 Å². The van der Waals surface area contributed by atoms with Gasteiger partial charge >= 0.3 is 6.18 Å². The van der Waals surface area contributed by atoms with Gasteiger partial charge in [-0.1, -0.05) is 24.3 Å². The van der Waals surface area contributed by atoms with E-state index in [1.165, 1.54) is 12.1 Å². The van der Waals surface area contributed by atoms with Crippen LogP contribution in [0.5, 0.6) is 0 Å². The van der Waals surface area contributed by atoms with Gasteiger partial charge in [0.2, 0.25) is 4.77 Å². The number of benzene rings is 2. The van der Waals surface area contributed by atoms with Crippen molar-refractivity contribution in [1.29, 1.82) is 0 Å². The molecule has 2 heterocycles. The zero-order valence-electron chi connectivity index (χ0n) is 12.0. The first-order valence-electron chi connectivity index (χ1n) is 6.99. The molecule has 0 saturated carbocycles. The summed E-state index contributed by atoms with van der Waals surface area (Å²) < 4.78 is 39.8. The van der Waals surface area contributed by atoms with Gasteiger partial charge in [-0.05, 0) is 36.5 Å². The van der Waals surface area contributed by atoms with E-state index in [2.05, 4.69) is 15.1 Å². The van der Waals surface area contributed by atoms with Crippen molar-refractivity contribution in [2.75, 3.05) is 0 Å². The first kappa shape index (κ1) is 14.8. The Balaban J connectivity index is 1.91. The molecule has 0 aliphatic carbocycles. The van der Waals surface area contributed by atoms with Crippen LogP contribution in [-0.2, 0) is 6.18 Å². The van der Waals surface area contributed by atoms with E-state index in [0.29, 0.717) is 27.3 Å². The fourth-order valence-electron chi connectivity index (χ4n) is 2.52. The van der Waals surface area contributed by atoms with Gasteiger partial charge in [-0.15, -0.1) is 0 Å². The molecule has 0 atom stereocenters. The van der Waals surface area contributed by atoms with Crippen molar-refractivity contribution in [3.8, 4) is 11.4 Å². The molecule has 0 bridgehead atoms. The largest absolute Gasteiger partial charge is 0.416 e. The Bertz CT molecular complexity index is 1110. The Morgan fingerprint density at radius 2 is 1.67 bits per heavy atom. The normalized spacial score (nSPS) is 12.1. The molecule has 0 aliphatic rings. The Hall–Kier alpha value is -2.74. The van der Waals surface area contributed by atoms with Gasteiger partial charge in [0.25, 0.3) is 0 Å². The standard InChI is InChI=1S/C16H9F3N4S/c17-16(18,19)10-7-5-9(6-8-10)13-21-14-11-3-1-2-4-12(11)20-15(24)23(14)22-13/h1-8H,(H,21,22). The highest BCUT2D eigenvalue weighted by Gasteiger charge is 2.30. The molecule has 2 aromatic carbocycles. The van der Waals surface area contributed by atoms with Crippen LogP contribution in [0.3, 0.4) is 0 Å². The molecule has 0 radical (unpaired) electrons. The van der Waals surface area contributed by atoms with Crippen molar-refractivity contribution < 1.29 is 13.2 Å². The van der Waals surface area contributed by atoms with Crippen molar-refractivity contribution in [1.82, 2.24) is 19.6 Å². The second-order valence-corrected chi connectivity index (χ2v) is 5.58. The minimum Gasteiger partial charge on any atom is -0.273 e. The average Bonchev–Trinajstić information content (AvgIpc) is 3.00. The zero-order valence-corrected chi connectivity index (χ0v) is 12.8. The van der Waals surface area contributed by atoms with Crippen molar-refractivity contribution in [2.24, 2.45) is 0 Å². The first-order valence-corrected chi connectivity index (χ1v) is 7.39. The Labute approximate surface area is 138 Å². The summed E-state index contributed by atoms with van der Waals surface area (Å²) in [5.41, 5.74) is 1.13. The van der Waals surface area contributed by atoms with E-state index >= 15 is 0 Å². The number of para-hydroxylation sites is 1. The zero-order chi connectivity index (χ0) is 16.9. The Kier molecular flexibility index (Phi) is 3.17. The highest BCUT2D eigenvalue weighted by atomic mass is 32.1. The first-order chi connectivity index (χ1) is 11.4. The van der Waals surface area contributed by atoms with Crippen molar-refractivity contribution in [3.05, 3.63) is 58.9 Å². The van der Waals surface area contributed by atoms with Gasteiger partial charge in [-0.2, -0.15) is 13.2 Å². The molecule has 24 heavy (non-hydrogen) atoms. The van der Waals surface area contributed by atoms with Gasteiger partial charge in [0.15, 0.2) is 11.5 Å². The van der Waals surface area contributed by atoms with E-state index < -0.39 is 11.7 Å².